The van der Waals surface area contributed by atoms with Crippen LogP contribution in [0, 0.1) is 0 Å². The maximum atomic E-state index is 12.7. The normalized spacial score (nSPS) is 15.3. The second-order valence-corrected chi connectivity index (χ2v) is 10.4. The Labute approximate surface area is 179 Å². The summed E-state index contributed by atoms with van der Waals surface area (Å²) in [5.41, 5.74) is 0.899. The number of hydrogen-bond donors (Lipinski definition) is 0. The first kappa shape index (κ1) is 21.9. The number of methoxy groups -OCH3 is 2. The van der Waals surface area contributed by atoms with Crippen molar-refractivity contribution >= 4 is 38.9 Å². The van der Waals surface area contributed by atoms with E-state index in [-0.39, 0.29) is 23.2 Å². The largest absolute Gasteiger partial charge is 0.493 e. The molecule has 1 saturated heterocycles. The van der Waals surface area contributed by atoms with Gasteiger partial charge in [-0.3, -0.25) is 4.79 Å². The lowest BCUT2D eigenvalue weighted by atomic mass is 10.1. The van der Waals surface area contributed by atoms with Gasteiger partial charge in [0.05, 0.1) is 18.6 Å². The molecule has 3 rings (SSSR count). The number of piperazine rings is 1. The summed E-state index contributed by atoms with van der Waals surface area (Å²) in [6.45, 7) is 1.27. The van der Waals surface area contributed by atoms with Gasteiger partial charge in [-0.15, -0.1) is 11.3 Å². The number of ether oxygens (including phenoxy) is 2. The number of carbonyl (C=O) groups is 1. The molecule has 0 saturated carbocycles. The Kier molecular flexibility index (Phi) is 7.05. The lowest BCUT2D eigenvalue weighted by Gasteiger charge is -2.33. The molecule has 1 amide bonds. The number of sulfonamides is 1. The average molecular weight is 459 g/mol. The number of halogens is 1. The summed E-state index contributed by atoms with van der Waals surface area (Å²) in [4.78, 5) is 14.3. The number of carbonyl (C=O) groups excluding carboxylic acids is 1. The van der Waals surface area contributed by atoms with Gasteiger partial charge >= 0.3 is 0 Å². The standard InChI is InChI=1S/C19H23ClN2O5S2/c1-26-15-5-3-4-14(19(15)27-2)6-8-17(23)21-10-12-22(13-11-21)29(24,25)18-9-7-16(20)28-18/h3-5,7,9H,6,8,10-13H2,1-2H3. The molecule has 0 spiro atoms. The van der Waals surface area contributed by atoms with Crippen molar-refractivity contribution in [3.63, 3.8) is 0 Å². The van der Waals surface area contributed by atoms with E-state index >= 15 is 0 Å². The molecule has 0 aliphatic carbocycles. The molecular formula is C19H23ClN2O5S2. The monoisotopic (exact) mass is 458 g/mol. The van der Waals surface area contributed by atoms with Crippen molar-refractivity contribution < 1.29 is 22.7 Å². The molecule has 0 atom stereocenters. The lowest BCUT2D eigenvalue weighted by Crippen LogP contribution is -2.50. The van der Waals surface area contributed by atoms with Crippen LogP contribution in [0.25, 0.3) is 0 Å². The highest BCUT2D eigenvalue weighted by atomic mass is 35.5. The minimum Gasteiger partial charge on any atom is -0.493 e. The fourth-order valence-corrected chi connectivity index (χ4v) is 6.35. The summed E-state index contributed by atoms with van der Waals surface area (Å²) in [6, 6.07) is 8.67. The fraction of sp³-hybridized carbons (Fsp3) is 0.421. The van der Waals surface area contributed by atoms with Gasteiger partial charge in [0.25, 0.3) is 10.0 Å². The number of nitrogens with zero attached hydrogens (tertiary/aromatic N) is 2. The third-order valence-corrected chi connectivity index (χ3v) is 8.42. The molecule has 2 aromatic rings. The highest BCUT2D eigenvalue weighted by Crippen LogP contribution is 2.32. The van der Waals surface area contributed by atoms with Gasteiger partial charge < -0.3 is 14.4 Å². The number of rotatable bonds is 7. The smallest absolute Gasteiger partial charge is 0.252 e. The summed E-state index contributed by atoms with van der Waals surface area (Å²) in [6.07, 6.45) is 0.836. The topological polar surface area (TPSA) is 76.2 Å². The predicted octanol–water partition coefficient (Wildman–Crippen LogP) is 2.88. The Morgan fingerprint density at radius 2 is 1.83 bits per heavy atom. The van der Waals surface area contributed by atoms with Crippen LogP contribution >= 0.6 is 22.9 Å². The zero-order valence-electron chi connectivity index (χ0n) is 16.3. The molecule has 1 aliphatic rings. The summed E-state index contributed by atoms with van der Waals surface area (Å²) < 4.78 is 38.1. The number of thiophene rings is 1. The molecule has 2 heterocycles. The Balaban J connectivity index is 1.57. The Morgan fingerprint density at radius 1 is 1.10 bits per heavy atom. The van der Waals surface area contributed by atoms with Crippen molar-refractivity contribution in [2.24, 2.45) is 0 Å². The second kappa shape index (κ2) is 9.34. The van der Waals surface area contributed by atoms with Gasteiger partial charge in [-0.2, -0.15) is 4.31 Å². The predicted molar refractivity (Wildman–Crippen MR) is 113 cm³/mol. The van der Waals surface area contributed by atoms with Gasteiger partial charge in [0.2, 0.25) is 5.91 Å². The number of amides is 1. The van der Waals surface area contributed by atoms with Crippen LogP contribution in [-0.2, 0) is 21.2 Å². The van der Waals surface area contributed by atoms with Crippen molar-refractivity contribution in [1.29, 1.82) is 0 Å². The van der Waals surface area contributed by atoms with E-state index in [4.69, 9.17) is 21.1 Å². The lowest BCUT2D eigenvalue weighted by molar-refractivity contribution is -0.132. The first-order valence-corrected chi connectivity index (χ1v) is 11.7. The summed E-state index contributed by atoms with van der Waals surface area (Å²) in [5.74, 6) is 1.25. The molecule has 0 N–H and O–H groups in total. The van der Waals surface area contributed by atoms with Gasteiger partial charge in [0, 0.05) is 32.6 Å². The third kappa shape index (κ3) is 4.85. The molecule has 1 fully saturated rings. The quantitative estimate of drug-likeness (QED) is 0.637. The summed E-state index contributed by atoms with van der Waals surface area (Å²) in [5, 5.41) is 0. The van der Waals surface area contributed by atoms with Crippen LogP contribution in [0.1, 0.15) is 12.0 Å². The van der Waals surface area contributed by atoms with Crippen molar-refractivity contribution in [3.8, 4) is 11.5 Å². The molecule has 1 aromatic carbocycles. The second-order valence-electron chi connectivity index (χ2n) is 6.50. The van der Waals surface area contributed by atoms with Crippen LogP contribution in [0.15, 0.2) is 34.5 Å². The molecular weight excluding hydrogens is 436 g/mol. The van der Waals surface area contributed by atoms with Crippen LogP contribution in [0.3, 0.4) is 0 Å². The van der Waals surface area contributed by atoms with Gasteiger partial charge in [-0.1, -0.05) is 23.7 Å². The fourth-order valence-electron chi connectivity index (χ4n) is 3.29. The zero-order chi connectivity index (χ0) is 21.0. The molecule has 1 aromatic heterocycles. The van der Waals surface area contributed by atoms with Crippen LogP contribution in [0.2, 0.25) is 4.34 Å². The average Bonchev–Trinajstić information content (AvgIpc) is 3.18. The van der Waals surface area contributed by atoms with E-state index in [0.717, 1.165) is 16.9 Å². The summed E-state index contributed by atoms with van der Waals surface area (Å²) >= 11 is 6.90. The van der Waals surface area contributed by atoms with E-state index in [9.17, 15) is 13.2 Å². The Hall–Kier alpha value is -1.81. The van der Waals surface area contributed by atoms with E-state index in [1.807, 2.05) is 18.2 Å². The van der Waals surface area contributed by atoms with E-state index < -0.39 is 10.0 Å². The molecule has 0 bridgehead atoms. The van der Waals surface area contributed by atoms with Crippen LogP contribution in [-0.4, -0.2) is 63.9 Å². The minimum atomic E-state index is -3.56. The van der Waals surface area contributed by atoms with Crippen molar-refractivity contribution in [1.82, 2.24) is 9.21 Å². The first-order valence-electron chi connectivity index (χ1n) is 9.10. The Bertz CT molecular complexity index is 969. The van der Waals surface area contributed by atoms with Crippen molar-refractivity contribution in [2.75, 3.05) is 40.4 Å². The highest BCUT2D eigenvalue weighted by Gasteiger charge is 2.31. The molecule has 0 unspecified atom stereocenters. The van der Waals surface area contributed by atoms with Crippen molar-refractivity contribution in [3.05, 3.63) is 40.2 Å². The van der Waals surface area contributed by atoms with Gasteiger partial charge in [-0.05, 0) is 30.2 Å². The minimum absolute atomic E-state index is 0.00825. The molecule has 7 nitrogen and oxygen atoms in total. The van der Waals surface area contributed by atoms with Gasteiger partial charge in [-0.25, -0.2) is 8.42 Å². The molecule has 29 heavy (non-hydrogen) atoms. The summed E-state index contributed by atoms with van der Waals surface area (Å²) in [7, 11) is -0.416. The van der Waals surface area contributed by atoms with E-state index in [1.54, 1.807) is 25.2 Å². The zero-order valence-corrected chi connectivity index (χ0v) is 18.6. The van der Waals surface area contributed by atoms with Gasteiger partial charge in [0.1, 0.15) is 4.21 Å². The number of hydrogen-bond acceptors (Lipinski definition) is 6. The number of para-hydroxylation sites is 1. The van der Waals surface area contributed by atoms with E-state index in [0.29, 0.717) is 41.8 Å². The maximum absolute atomic E-state index is 12.7. The van der Waals surface area contributed by atoms with Crippen molar-refractivity contribution in [2.45, 2.75) is 17.1 Å². The molecule has 10 heteroatoms. The third-order valence-electron chi connectivity index (χ3n) is 4.83. The SMILES string of the molecule is COc1cccc(CCC(=O)N2CCN(S(=O)(=O)c3ccc(Cl)s3)CC2)c1OC. The highest BCUT2D eigenvalue weighted by molar-refractivity contribution is 7.91. The number of benzene rings is 1. The van der Waals surface area contributed by atoms with E-state index in [2.05, 4.69) is 0 Å². The first-order chi connectivity index (χ1) is 13.9. The molecule has 1 aliphatic heterocycles. The number of aryl methyl sites for hydroxylation is 1. The molecule has 0 radical (unpaired) electrons. The van der Waals surface area contributed by atoms with Gasteiger partial charge in [0.15, 0.2) is 11.5 Å². The van der Waals surface area contributed by atoms with E-state index in [1.165, 1.54) is 10.4 Å². The Morgan fingerprint density at radius 3 is 2.41 bits per heavy atom. The van der Waals surface area contributed by atoms with Crippen LogP contribution in [0.4, 0.5) is 0 Å². The maximum Gasteiger partial charge on any atom is 0.252 e. The van der Waals surface area contributed by atoms with Crippen LogP contribution < -0.4 is 9.47 Å². The molecule has 158 valence electrons. The van der Waals surface area contributed by atoms with Crippen LogP contribution in [0.5, 0.6) is 11.5 Å².